The van der Waals surface area contributed by atoms with Crippen LogP contribution < -0.4 is 0 Å². The lowest BCUT2D eigenvalue weighted by Gasteiger charge is -2.34. The maximum atomic E-state index is 13.0. The molecule has 1 amide bonds. The van der Waals surface area contributed by atoms with Gasteiger partial charge in [0.05, 0.1) is 16.9 Å². The Kier molecular flexibility index (Phi) is 5.18. The molecule has 7 nitrogen and oxygen atoms in total. The minimum atomic E-state index is -0.133. The molecule has 4 heterocycles. The van der Waals surface area contributed by atoms with Gasteiger partial charge in [-0.15, -0.1) is 0 Å². The first-order valence-corrected chi connectivity index (χ1v) is 10.7. The van der Waals surface area contributed by atoms with Crippen LogP contribution in [0.2, 0.25) is 0 Å². The zero-order valence-corrected chi connectivity index (χ0v) is 18.9. The Hall–Kier alpha value is -2.67. The topological polar surface area (TPSA) is 58.7 Å². The highest BCUT2D eigenvalue weighted by atomic mass is 16.2. The number of aromatic nitrogens is 4. The fraction of sp³-hybridized carbons (Fsp3) is 0.522. The molecule has 160 valence electrons. The summed E-state index contributed by atoms with van der Waals surface area (Å²) in [6.45, 7) is 16.5. The largest absolute Gasteiger partial charge is 0.335 e. The van der Waals surface area contributed by atoms with Crippen LogP contribution in [0.4, 0.5) is 0 Å². The number of aryl methyl sites for hydroxylation is 3. The molecule has 4 rings (SSSR count). The van der Waals surface area contributed by atoms with Crippen LogP contribution in [-0.2, 0) is 12.1 Å². The van der Waals surface area contributed by atoms with Crippen LogP contribution in [0.15, 0.2) is 24.4 Å². The zero-order chi connectivity index (χ0) is 21.6. The van der Waals surface area contributed by atoms with Gasteiger partial charge in [0.1, 0.15) is 5.65 Å². The molecule has 3 aromatic heterocycles. The molecule has 1 fully saturated rings. The molecule has 0 bridgehead atoms. The van der Waals surface area contributed by atoms with Crippen molar-refractivity contribution in [2.75, 3.05) is 26.2 Å². The van der Waals surface area contributed by atoms with Gasteiger partial charge in [-0.3, -0.25) is 14.4 Å². The van der Waals surface area contributed by atoms with Crippen molar-refractivity contribution in [3.63, 3.8) is 0 Å². The first kappa shape index (κ1) is 20.6. The highest BCUT2D eigenvalue weighted by molar-refractivity contribution is 5.92. The summed E-state index contributed by atoms with van der Waals surface area (Å²) in [5.41, 5.74) is 5.95. The van der Waals surface area contributed by atoms with E-state index in [0.717, 1.165) is 49.8 Å². The van der Waals surface area contributed by atoms with Crippen LogP contribution in [-0.4, -0.2) is 61.1 Å². The second-order valence-corrected chi connectivity index (χ2v) is 9.40. The number of hydrogen-bond donors (Lipinski definition) is 0. The number of pyridine rings is 1. The van der Waals surface area contributed by atoms with E-state index in [1.807, 2.05) is 22.6 Å². The Labute approximate surface area is 178 Å². The first-order chi connectivity index (χ1) is 14.1. The molecule has 0 radical (unpaired) electrons. The molecule has 1 saturated heterocycles. The van der Waals surface area contributed by atoms with Crippen LogP contribution in [0.3, 0.4) is 0 Å². The average molecular weight is 409 g/mol. The summed E-state index contributed by atoms with van der Waals surface area (Å²) in [4.78, 5) is 22.0. The monoisotopic (exact) mass is 408 g/mol. The van der Waals surface area contributed by atoms with E-state index in [-0.39, 0.29) is 11.4 Å². The van der Waals surface area contributed by atoms with Crippen LogP contribution in [0.25, 0.3) is 5.65 Å². The van der Waals surface area contributed by atoms with Crippen molar-refractivity contribution >= 4 is 11.6 Å². The summed E-state index contributed by atoms with van der Waals surface area (Å²) >= 11 is 0. The molecule has 0 aromatic carbocycles. The molecule has 0 atom stereocenters. The number of hydrogen-bond acceptors (Lipinski definition) is 4. The van der Waals surface area contributed by atoms with Gasteiger partial charge in [-0.05, 0) is 65.3 Å². The van der Waals surface area contributed by atoms with E-state index in [4.69, 9.17) is 4.98 Å². The third-order valence-electron chi connectivity index (χ3n) is 5.86. The van der Waals surface area contributed by atoms with Crippen LogP contribution in [0, 0.1) is 20.8 Å². The first-order valence-electron chi connectivity index (χ1n) is 10.7. The van der Waals surface area contributed by atoms with E-state index in [0.29, 0.717) is 5.69 Å². The Balaban J connectivity index is 1.42. The molecule has 1 aliphatic rings. The molecule has 0 aliphatic carbocycles. The predicted octanol–water partition coefficient (Wildman–Crippen LogP) is 3.17. The van der Waals surface area contributed by atoms with Crippen molar-refractivity contribution in [1.29, 1.82) is 0 Å². The van der Waals surface area contributed by atoms with Gasteiger partial charge in [0.15, 0.2) is 5.69 Å². The van der Waals surface area contributed by atoms with Gasteiger partial charge in [0, 0.05) is 44.6 Å². The molecule has 1 aliphatic heterocycles. The predicted molar refractivity (Wildman–Crippen MR) is 118 cm³/mol. The highest BCUT2D eigenvalue weighted by Crippen LogP contribution is 2.19. The number of amides is 1. The number of rotatable bonds is 3. The Bertz CT molecular complexity index is 1080. The molecule has 0 N–H and O–H groups in total. The number of carbonyl (C=O) groups excluding carboxylic acids is 1. The molecule has 3 aromatic rings. The third kappa shape index (κ3) is 3.86. The SMILES string of the molecule is Cc1ccn2c(CN3CCN(C(=O)c4cc(C)n(C(C)(C)C)n4)CC3)c(C)nc2c1. The zero-order valence-electron chi connectivity index (χ0n) is 18.9. The van der Waals surface area contributed by atoms with Gasteiger partial charge in [0.25, 0.3) is 5.91 Å². The van der Waals surface area contributed by atoms with Crippen LogP contribution in [0.5, 0.6) is 0 Å². The molecule has 7 heteroatoms. The smallest absolute Gasteiger partial charge is 0.274 e. The summed E-state index contributed by atoms with van der Waals surface area (Å²) in [6.07, 6.45) is 2.10. The molecule has 0 unspecified atom stereocenters. The van der Waals surface area contributed by atoms with Crippen molar-refractivity contribution in [2.45, 2.75) is 53.6 Å². The van der Waals surface area contributed by atoms with Gasteiger partial charge in [-0.1, -0.05) is 0 Å². The van der Waals surface area contributed by atoms with Gasteiger partial charge < -0.3 is 9.30 Å². The number of piperazine rings is 1. The Morgan fingerprint density at radius 1 is 1.07 bits per heavy atom. The second kappa shape index (κ2) is 7.54. The van der Waals surface area contributed by atoms with Crippen molar-refractivity contribution in [3.8, 4) is 0 Å². The minimum Gasteiger partial charge on any atom is -0.335 e. The van der Waals surface area contributed by atoms with Gasteiger partial charge in [-0.25, -0.2) is 4.98 Å². The van der Waals surface area contributed by atoms with Crippen LogP contribution in [0.1, 0.15) is 53.9 Å². The van der Waals surface area contributed by atoms with E-state index in [1.54, 1.807) is 0 Å². The summed E-state index contributed by atoms with van der Waals surface area (Å²) in [5, 5.41) is 4.59. The number of fused-ring (bicyclic) bond motifs is 1. The lowest BCUT2D eigenvalue weighted by atomic mass is 10.1. The average Bonchev–Trinajstić information content (AvgIpc) is 3.21. The normalized spacial score (nSPS) is 15.9. The van der Waals surface area contributed by atoms with Crippen molar-refractivity contribution in [2.24, 2.45) is 0 Å². The maximum absolute atomic E-state index is 13.0. The molecule has 30 heavy (non-hydrogen) atoms. The molecular weight excluding hydrogens is 376 g/mol. The molecule has 0 saturated carbocycles. The lowest BCUT2D eigenvalue weighted by molar-refractivity contribution is 0.0619. The van der Waals surface area contributed by atoms with Gasteiger partial charge >= 0.3 is 0 Å². The maximum Gasteiger partial charge on any atom is 0.274 e. The van der Waals surface area contributed by atoms with Crippen molar-refractivity contribution in [3.05, 3.63) is 52.7 Å². The van der Waals surface area contributed by atoms with E-state index >= 15 is 0 Å². The van der Waals surface area contributed by atoms with E-state index in [9.17, 15) is 4.79 Å². The molecule has 0 spiro atoms. The summed E-state index contributed by atoms with van der Waals surface area (Å²) in [5.74, 6) is 0.0298. The fourth-order valence-corrected chi connectivity index (χ4v) is 4.25. The Morgan fingerprint density at radius 2 is 1.77 bits per heavy atom. The standard InChI is InChI=1S/C23H32N6O/c1-16-7-8-28-20(18(3)24-21(28)13-16)15-26-9-11-27(12-10-26)22(30)19-14-17(2)29(25-19)23(4,5)6/h7-8,13-14H,9-12,15H2,1-6H3. The summed E-state index contributed by atoms with van der Waals surface area (Å²) in [6, 6.07) is 6.14. The minimum absolute atomic E-state index is 0.0298. The number of carbonyl (C=O) groups is 1. The number of nitrogens with zero attached hydrogens (tertiary/aromatic N) is 6. The summed E-state index contributed by atoms with van der Waals surface area (Å²) in [7, 11) is 0. The second-order valence-electron chi connectivity index (χ2n) is 9.40. The lowest BCUT2D eigenvalue weighted by Crippen LogP contribution is -2.48. The number of imidazole rings is 1. The van der Waals surface area contributed by atoms with Crippen molar-refractivity contribution < 1.29 is 4.79 Å². The van der Waals surface area contributed by atoms with Crippen LogP contribution >= 0.6 is 0 Å². The highest BCUT2D eigenvalue weighted by Gasteiger charge is 2.27. The van der Waals surface area contributed by atoms with E-state index < -0.39 is 0 Å². The van der Waals surface area contributed by atoms with Gasteiger partial charge in [0.2, 0.25) is 0 Å². The fourth-order valence-electron chi connectivity index (χ4n) is 4.25. The Morgan fingerprint density at radius 3 is 2.40 bits per heavy atom. The summed E-state index contributed by atoms with van der Waals surface area (Å²) < 4.78 is 4.12. The van der Waals surface area contributed by atoms with E-state index in [2.05, 4.69) is 67.3 Å². The van der Waals surface area contributed by atoms with Crippen molar-refractivity contribution in [1.82, 2.24) is 29.0 Å². The van der Waals surface area contributed by atoms with E-state index in [1.165, 1.54) is 11.3 Å². The third-order valence-corrected chi connectivity index (χ3v) is 5.86. The van der Waals surface area contributed by atoms with Gasteiger partial charge in [-0.2, -0.15) is 5.10 Å². The molecular formula is C23H32N6O. The quantitative estimate of drug-likeness (QED) is 0.668.